The fraction of sp³-hybridized carbons (Fsp3) is 0.0400. The summed E-state index contributed by atoms with van der Waals surface area (Å²) in [5.74, 6) is 0. The lowest BCUT2D eigenvalue weighted by Gasteiger charge is -2.43. The summed E-state index contributed by atoms with van der Waals surface area (Å²) >= 11 is 0. The molecule has 5 heterocycles. The summed E-state index contributed by atoms with van der Waals surface area (Å²) in [4.78, 5) is 6.40. The number of H-pyrrole nitrogens is 1. The van der Waals surface area contributed by atoms with E-state index in [0.717, 1.165) is 83.6 Å². The van der Waals surface area contributed by atoms with Gasteiger partial charge in [-0.1, -0.05) is 305 Å². The van der Waals surface area contributed by atoms with Crippen molar-refractivity contribution in [3.63, 3.8) is 0 Å². The van der Waals surface area contributed by atoms with Crippen LogP contribution in [-0.4, -0.2) is 20.8 Å². The first-order chi connectivity index (χ1) is 60.9. The molecule has 0 radical (unpaired) electrons. The molecule has 6 heteroatoms. The van der Waals surface area contributed by atoms with Gasteiger partial charge >= 0.3 is 0 Å². The SMILES string of the molecule is [2H]c1cc(-c2c([2H])c([2H])c([2H])c([2H])c2Nc2ccc3c(c2)c2cc(-n4c5c([2H])c([2H])c([2H])c([2H])c5c5c([2H])c([2H])c([2H])c([2H])c54)cc4c2n3-c2cc3[nH]c5c(-c6ccccc6-c6ccccc6-c6ccccc6)cccc5c3c3c2B4c2ccc(-c4c([2H])c([2H])c([2H])c([2H])c4[2H])cc2N3c2c(-c3ccccc3)cc(C(C)(C)C)cc2-c2ccccc2)c([2H])c([2H])c1[2H]. The molecule has 0 saturated carbocycles. The predicted octanol–water partition coefficient (Wildman–Crippen LogP) is 24.8. The van der Waals surface area contributed by atoms with Crippen molar-refractivity contribution in [1.29, 1.82) is 0 Å². The van der Waals surface area contributed by atoms with Gasteiger partial charge in [0, 0.05) is 88.5 Å². The molecule has 0 spiro atoms. The quantitative estimate of drug-likeness (QED) is 0.127. The van der Waals surface area contributed by atoms with Gasteiger partial charge in [0.15, 0.2) is 0 Å². The normalized spacial score (nSPS) is 15.2. The van der Waals surface area contributed by atoms with Crippen LogP contribution in [0.1, 0.15) is 55.1 Å². The van der Waals surface area contributed by atoms with Crippen molar-refractivity contribution in [3.8, 4) is 89.3 Å². The third-order valence-corrected chi connectivity index (χ3v) is 21.2. The molecule has 21 rings (SSSR count). The maximum absolute atomic E-state index is 10.00. The average Bonchev–Trinajstić information content (AvgIpc) is 1.56. The maximum Gasteiger partial charge on any atom is 0.252 e. The van der Waals surface area contributed by atoms with Gasteiger partial charge < -0.3 is 24.3 Å². The van der Waals surface area contributed by atoms with E-state index in [-0.39, 0.29) is 61.1 Å². The van der Waals surface area contributed by atoms with Gasteiger partial charge in [-0.2, -0.15) is 0 Å². The van der Waals surface area contributed by atoms with E-state index in [1.807, 2.05) is 109 Å². The van der Waals surface area contributed by atoms with Gasteiger partial charge in [0.25, 0.3) is 6.71 Å². The molecule has 2 aliphatic heterocycles. The van der Waals surface area contributed by atoms with Gasteiger partial charge in [-0.15, -0.1) is 0 Å². The molecule has 106 heavy (non-hydrogen) atoms. The Morgan fingerprint density at radius 2 is 0.943 bits per heavy atom. The Bertz CT molecular complexity index is 7960. The van der Waals surface area contributed by atoms with Gasteiger partial charge in [0.2, 0.25) is 0 Å². The topological polar surface area (TPSA) is 40.9 Å². The Balaban J connectivity index is 0.970. The number of nitrogens with one attached hydrogen (secondary N) is 2. The number of benzene rings is 16. The monoisotopic (exact) mass is 1370 g/mol. The lowest BCUT2D eigenvalue weighted by Crippen LogP contribution is -2.60. The first kappa shape index (κ1) is 43.5. The second kappa shape index (κ2) is 24.1. The number of rotatable bonds is 11. The number of hydrogen-bond acceptors (Lipinski definition) is 2. The summed E-state index contributed by atoms with van der Waals surface area (Å²) in [6.45, 7) is 5.54. The Morgan fingerprint density at radius 1 is 0.358 bits per heavy atom. The van der Waals surface area contributed by atoms with E-state index in [2.05, 4.69) is 138 Å². The summed E-state index contributed by atoms with van der Waals surface area (Å²) in [5.41, 5.74) is 16.1. The number of hydrogen-bond donors (Lipinski definition) is 2. The van der Waals surface area contributed by atoms with Crippen LogP contribution in [0.25, 0.3) is 155 Å². The second-order valence-electron chi connectivity index (χ2n) is 28.1. The van der Waals surface area contributed by atoms with E-state index in [4.69, 9.17) is 8.22 Å². The van der Waals surface area contributed by atoms with Crippen LogP contribution in [0.15, 0.2) is 357 Å². The van der Waals surface area contributed by atoms with Crippen LogP contribution in [0.4, 0.5) is 28.4 Å². The van der Waals surface area contributed by atoms with E-state index in [0.29, 0.717) is 66.5 Å². The third-order valence-electron chi connectivity index (χ3n) is 21.2. The summed E-state index contributed by atoms with van der Waals surface area (Å²) in [7, 11) is 0. The second-order valence-corrected chi connectivity index (χ2v) is 28.1. The van der Waals surface area contributed by atoms with Crippen LogP contribution in [0.3, 0.4) is 0 Å². The number of fused-ring (bicyclic) bond motifs is 14. The van der Waals surface area contributed by atoms with Crippen LogP contribution in [-0.2, 0) is 5.41 Å². The number of anilines is 5. The molecule has 0 saturated heterocycles. The van der Waals surface area contributed by atoms with Gasteiger partial charge in [-0.3, -0.25) is 0 Å². The molecule has 3 aromatic heterocycles. The molecule has 5 nitrogen and oxygen atoms in total. The molecule has 0 fully saturated rings. The molecule has 0 bridgehead atoms. The van der Waals surface area contributed by atoms with E-state index >= 15 is 0 Å². The number of aromatic nitrogens is 3. The average molecular weight is 1370 g/mol. The highest BCUT2D eigenvalue weighted by atomic mass is 15.2. The molecular weight excluding hydrogens is 1280 g/mol. The van der Waals surface area contributed by atoms with E-state index in [1.54, 1.807) is 18.2 Å². The van der Waals surface area contributed by atoms with Crippen molar-refractivity contribution >= 4 is 117 Å². The van der Waals surface area contributed by atoms with Crippen molar-refractivity contribution in [2.75, 3.05) is 10.2 Å². The molecule has 0 unspecified atom stereocenters. The van der Waals surface area contributed by atoms with Gasteiger partial charge in [0.1, 0.15) is 0 Å². The molecule has 0 aliphatic carbocycles. The molecular formula is C100H70BN5. The maximum atomic E-state index is 10.00. The standard InChI is InChI=1S/C100H70BN5/c1-100(2,3)69-57-81(66-36-15-7-16-37-66)97(82(58-69)67-38-17-8-18-39-67)106-92-56-68(63-30-9-4-10-31-63)52-54-85(92)101-86-61-71(104-89-50-27-24-45-77(89)78-46-25-28-51-90(78)104)60-84-83-59-70(102-87-49-26-23-41-73(87)65-34-13-6-14-35-65)53-55-91(83)105(98(84)86)93-62-88-94(99(106)95(93)101)80-48-29-47-79(96(80)103-88)76-44-22-21-43-75(76)74-42-20-19-40-72(74)64-32-11-5-12-33-64/h4-62,102-103H,1-3H3/i4D,6D,9D,10D,13D,14D,23D,24D,25D,26D,27D,28D,30D,31D,34D,41D,45D,46D,49D,50D,51D. The van der Waals surface area contributed by atoms with Crippen molar-refractivity contribution < 1.29 is 28.8 Å². The molecule has 0 amide bonds. The minimum absolute atomic E-state index is 0.0678. The Kier molecular flexibility index (Phi) is 9.89. The molecule has 2 N–H and O–H groups in total. The molecule has 498 valence electrons. The lowest BCUT2D eigenvalue weighted by atomic mass is 9.33. The summed E-state index contributed by atoms with van der Waals surface area (Å²) in [5, 5.41) is 5.45. The third kappa shape index (κ3) is 9.57. The minimum atomic E-state index is -0.972. The van der Waals surface area contributed by atoms with Crippen molar-refractivity contribution in [2.45, 2.75) is 26.2 Å². The van der Waals surface area contributed by atoms with Crippen LogP contribution >= 0.6 is 0 Å². The highest BCUT2D eigenvalue weighted by Gasteiger charge is 2.46. The van der Waals surface area contributed by atoms with Crippen LogP contribution < -0.4 is 26.6 Å². The molecule has 2 aliphatic rings. The number of aromatic amines is 1. The minimum Gasteiger partial charge on any atom is -0.355 e. The van der Waals surface area contributed by atoms with Crippen molar-refractivity contribution in [3.05, 3.63) is 363 Å². The Labute approximate surface area is 645 Å². The largest absolute Gasteiger partial charge is 0.355 e. The number of nitrogens with zero attached hydrogens (tertiary/aromatic N) is 3. The fourth-order valence-corrected chi connectivity index (χ4v) is 16.6. The zero-order valence-corrected chi connectivity index (χ0v) is 57.4. The van der Waals surface area contributed by atoms with Crippen LogP contribution in [0.5, 0.6) is 0 Å². The highest BCUT2D eigenvalue weighted by molar-refractivity contribution is 7.00. The molecule has 0 atom stereocenters. The fourth-order valence-electron chi connectivity index (χ4n) is 16.6. The van der Waals surface area contributed by atoms with Crippen LogP contribution in [0.2, 0.25) is 0 Å². The number of para-hydroxylation sites is 4. The van der Waals surface area contributed by atoms with E-state index in [1.165, 1.54) is 4.57 Å². The summed E-state index contributed by atoms with van der Waals surface area (Å²) in [6, 6.07) is 64.0. The molecule has 16 aromatic carbocycles. The lowest BCUT2D eigenvalue weighted by molar-refractivity contribution is 0.591. The smallest absolute Gasteiger partial charge is 0.252 e. The van der Waals surface area contributed by atoms with Crippen LogP contribution in [0, 0.1) is 0 Å². The first-order valence-electron chi connectivity index (χ1n) is 45.7. The van der Waals surface area contributed by atoms with Gasteiger partial charge in [-0.25, -0.2) is 0 Å². The Morgan fingerprint density at radius 3 is 1.63 bits per heavy atom. The summed E-state index contributed by atoms with van der Waals surface area (Å²) < 4.78 is 200. The zero-order chi connectivity index (χ0) is 88.6. The highest BCUT2D eigenvalue weighted by Crippen LogP contribution is 2.55. The zero-order valence-electron chi connectivity index (χ0n) is 78.4. The van der Waals surface area contributed by atoms with Gasteiger partial charge in [0.05, 0.1) is 67.7 Å². The Hall–Kier alpha value is -13.4. The van der Waals surface area contributed by atoms with Crippen molar-refractivity contribution in [1.82, 2.24) is 14.1 Å². The van der Waals surface area contributed by atoms with Crippen molar-refractivity contribution in [2.24, 2.45) is 0 Å². The predicted molar refractivity (Wildman–Crippen MR) is 450 cm³/mol. The van der Waals surface area contributed by atoms with Gasteiger partial charge in [-0.05, 0) is 156 Å². The first-order valence-corrected chi connectivity index (χ1v) is 35.2. The van der Waals surface area contributed by atoms with E-state index in [9.17, 15) is 20.6 Å². The molecule has 19 aromatic rings. The summed E-state index contributed by atoms with van der Waals surface area (Å²) in [6.07, 6.45) is 0. The van der Waals surface area contributed by atoms with E-state index < -0.39 is 139 Å².